The predicted molar refractivity (Wildman–Crippen MR) is 98.1 cm³/mol. The summed E-state index contributed by atoms with van der Waals surface area (Å²) in [4.78, 5) is 14.6. The number of hydrogen-bond donors (Lipinski definition) is 0. The Morgan fingerprint density at radius 1 is 1.15 bits per heavy atom. The van der Waals surface area contributed by atoms with Gasteiger partial charge in [0.05, 0.1) is 11.6 Å². The van der Waals surface area contributed by atoms with Gasteiger partial charge in [0.25, 0.3) is 5.91 Å². The zero-order valence-electron chi connectivity index (χ0n) is 14.6. The van der Waals surface area contributed by atoms with E-state index in [1.54, 1.807) is 23.1 Å². The van der Waals surface area contributed by atoms with Crippen LogP contribution >= 0.6 is 0 Å². The molecule has 5 heteroatoms. The van der Waals surface area contributed by atoms with Crippen molar-refractivity contribution in [1.82, 2.24) is 10.1 Å². The smallest absolute Gasteiger partial charge is 0.276 e. The monoisotopic (exact) mass is 345 g/mol. The summed E-state index contributed by atoms with van der Waals surface area (Å²) in [5, 5.41) is 12.8. The Morgan fingerprint density at radius 2 is 1.88 bits per heavy atom. The lowest BCUT2D eigenvalue weighted by Gasteiger charge is -2.21. The summed E-state index contributed by atoms with van der Waals surface area (Å²) in [7, 11) is 0. The minimum absolute atomic E-state index is 0.165. The highest BCUT2D eigenvalue weighted by Crippen LogP contribution is 2.21. The van der Waals surface area contributed by atoms with Gasteiger partial charge >= 0.3 is 0 Å². The van der Waals surface area contributed by atoms with Gasteiger partial charge in [0.15, 0.2) is 11.5 Å². The molecule has 0 spiro atoms. The van der Waals surface area contributed by atoms with Gasteiger partial charge in [-0.3, -0.25) is 4.79 Å². The molecule has 130 valence electrons. The van der Waals surface area contributed by atoms with E-state index in [1.807, 2.05) is 49.4 Å². The van der Waals surface area contributed by atoms with Crippen molar-refractivity contribution in [3.8, 4) is 17.4 Å². The lowest BCUT2D eigenvalue weighted by Crippen LogP contribution is -2.31. The lowest BCUT2D eigenvalue weighted by atomic mass is 10.1. The number of hydrogen-bond acceptors (Lipinski definition) is 4. The lowest BCUT2D eigenvalue weighted by molar-refractivity contribution is 0.0732. The van der Waals surface area contributed by atoms with E-state index in [9.17, 15) is 4.79 Å². The van der Waals surface area contributed by atoms with Gasteiger partial charge in [0.1, 0.15) is 0 Å². The highest BCUT2D eigenvalue weighted by Gasteiger charge is 2.20. The molecule has 0 fully saturated rings. The molecule has 3 rings (SSSR count). The summed E-state index contributed by atoms with van der Waals surface area (Å²) < 4.78 is 5.35. The molecule has 0 saturated carbocycles. The number of rotatable bonds is 6. The van der Waals surface area contributed by atoms with Crippen molar-refractivity contribution in [2.24, 2.45) is 0 Å². The maximum atomic E-state index is 12.9. The quantitative estimate of drug-likeness (QED) is 0.669. The molecule has 0 aliphatic carbocycles. The fourth-order valence-electron chi connectivity index (χ4n) is 2.70. The second-order valence-corrected chi connectivity index (χ2v) is 5.98. The van der Waals surface area contributed by atoms with Crippen molar-refractivity contribution in [3.05, 3.63) is 77.5 Å². The summed E-state index contributed by atoms with van der Waals surface area (Å²) in [6, 6.07) is 20.6. The highest BCUT2D eigenvalue weighted by molar-refractivity contribution is 5.93. The minimum Gasteiger partial charge on any atom is -0.355 e. The van der Waals surface area contributed by atoms with Crippen LogP contribution in [0.3, 0.4) is 0 Å². The van der Waals surface area contributed by atoms with E-state index in [0.717, 1.165) is 17.5 Å². The number of benzene rings is 2. The Balaban J connectivity index is 1.78. The van der Waals surface area contributed by atoms with Gasteiger partial charge in [0.2, 0.25) is 0 Å². The van der Waals surface area contributed by atoms with Crippen LogP contribution in [-0.2, 0) is 6.54 Å². The molecule has 26 heavy (non-hydrogen) atoms. The summed E-state index contributed by atoms with van der Waals surface area (Å²) in [6.07, 6.45) is 0.839. The molecule has 1 aromatic heterocycles. The number of nitrogens with zero attached hydrogens (tertiary/aromatic N) is 3. The first-order valence-electron chi connectivity index (χ1n) is 8.51. The van der Waals surface area contributed by atoms with Crippen LogP contribution in [0.4, 0.5) is 0 Å². The molecule has 5 nitrogen and oxygen atoms in total. The molecule has 0 radical (unpaired) electrons. The zero-order valence-corrected chi connectivity index (χ0v) is 14.6. The minimum atomic E-state index is -0.165. The molecular formula is C21H19N3O2. The van der Waals surface area contributed by atoms with Crippen LogP contribution in [0, 0.1) is 11.3 Å². The largest absolute Gasteiger partial charge is 0.355 e. The van der Waals surface area contributed by atoms with Crippen molar-refractivity contribution in [2.45, 2.75) is 19.9 Å². The number of carbonyl (C=O) groups excluding carboxylic acids is 1. The van der Waals surface area contributed by atoms with Crippen LogP contribution in [0.5, 0.6) is 0 Å². The first kappa shape index (κ1) is 17.4. The number of nitriles is 1. The third kappa shape index (κ3) is 3.98. The average Bonchev–Trinajstić information content (AvgIpc) is 3.18. The van der Waals surface area contributed by atoms with Gasteiger partial charge in [-0.1, -0.05) is 54.5 Å². The van der Waals surface area contributed by atoms with Gasteiger partial charge in [-0.15, -0.1) is 0 Å². The van der Waals surface area contributed by atoms with E-state index in [2.05, 4.69) is 11.2 Å². The molecule has 0 aliphatic heterocycles. The van der Waals surface area contributed by atoms with E-state index in [0.29, 0.717) is 30.1 Å². The fourth-order valence-corrected chi connectivity index (χ4v) is 2.70. The number of amides is 1. The van der Waals surface area contributed by atoms with Crippen molar-refractivity contribution in [3.63, 3.8) is 0 Å². The normalized spacial score (nSPS) is 10.3. The average molecular weight is 345 g/mol. The van der Waals surface area contributed by atoms with E-state index in [-0.39, 0.29) is 5.91 Å². The summed E-state index contributed by atoms with van der Waals surface area (Å²) >= 11 is 0. The molecule has 0 saturated heterocycles. The molecule has 1 heterocycles. The van der Waals surface area contributed by atoms with Crippen LogP contribution in [-0.4, -0.2) is 22.5 Å². The summed E-state index contributed by atoms with van der Waals surface area (Å²) in [6.45, 7) is 3.11. The van der Waals surface area contributed by atoms with E-state index in [1.165, 1.54) is 0 Å². The maximum absolute atomic E-state index is 12.9. The summed E-state index contributed by atoms with van der Waals surface area (Å²) in [5.41, 5.74) is 2.75. The SMILES string of the molecule is CCCN(Cc1ccc(C#N)cc1)C(=O)c1cc(-c2ccccc2)on1. The van der Waals surface area contributed by atoms with Crippen LogP contribution in [0.15, 0.2) is 65.2 Å². The van der Waals surface area contributed by atoms with E-state index < -0.39 is 0 Å². The van der Waals surface area contributed by atoms with Crippen molar-refractivity contribution < 1.29 is 9.32 Å². The third-order valence-electron chi connectivity index (χ3n) is 4.02. The van der Waals surface area contributed by atoms with Gasteiger partial charge in [-0.25, -0.2) is 0 Å². The van der Waals surface area contributed by atoms with Gasteiger partial charge in [0, 0.05) is 24.7 Å². The second-order valence-electron chi connectivity index (χ2n) is 5.98. The Labute approximate surface area is 152 Å². The fraction of sp³-hybridized carbons (Fsp3) is 0.190. The first-order valence-corrected chi connectivity index (χ1v) is 8.51. The predicted octanol–water partition coefficient (Wildman–Crippen LogP) is 4.27. The van der Waals surface area contributed by atoms with Gasteiger partial charge in [-0.05, 0) is 24.1 Å². The highest BCUT2D eigenvalue weighted by atomic mass is 16.5. The molecule has 3 aromatic rings. The Bertz CT molecular complexity index is 908. The number of carbonyl (C=O) groups is 1. The molecular weight excluding hydrogens is 326 g/mol. The van der Waals surface area contributed by atoms with E-state index in [4.69, 9.17) is 9.78 Å². The van der Waals surface area contributed by atoms with Crippen LogP contribution in [0.2, 0.25) is 0 Å². The molecule has 2 aromatic carbocycles. The molecule has 0 atom stereocenters. The Hall–Kier alpha value is -3.39. The van der Waals surface area contributed by atoms with Crippen LogP contribution < -0.4 is 0 Å². The van der Waals surface area contributed by atoms with Crippen molar-refractivity contribution >= 4 is 5.91 Å². The maximum Gasteiger partial charge on any atom is 0.276 e. The molecule has 0 bridgehead atoms. The summed E-state index contributed by atoms with van der Waals surface area (Å²) in [5.74, 6) is 0.408. The Morgan fingerprint density at radius 3 is 2.54 bits per heavy atom. The topological polar surface area (TPSA) is 70.1 Å². The van der Waals surface area contributed by atoms with Crippen molar-refractivity contribution in [2.75, 3.05) is 6.54 Å². The first-order chi connectivity index (χ1) is 12.7. The molecule has 0 aliphatic rings. The van der Waals surface area contributed by atoms with Gasteiger partial charge < -0.3 is 9.42 Å². The van der Waals surface area contributed by atoms with E-state index >= 15 is 0 Å². The second kappa shape index (κ2) is 8.13. The molecule has 0 N–H and O–H groups in total. The molecule has 0 unspecified atom stereocenters. The van der Waals surface area contributed by atoms with Crippen LogP contribution in [0.1, 0.15) is 35.0 Å². The Kier molecular flexibility index (Phi) is 5.45. The van der Waals surface area contributed by atoms with Crippen molar-refractivity contribution in [1.29, 1.82) is 5.26 Å². The molecule has 1 amide bonds. The zero-order chi connectivity index (χ0) is 18.4. The number of aromatic nitrogens is 1. The van der Waals surface area contributed by atoms with Gasteiger partial charge in [-0.2, -0.15) is 5.26 Å². The van der Waals surface area contributed by atoms with Crippen LogP contribution in [0.25, 0.3) is 11.3 Å². The standard InChI is InChI=1S/C21H19N3O2/c1-2-12-24(15-17-10-8-16(14-22)9-11-17)21(25)19-13-20(26-23-19)18-6-4-3-5-7-18/h3-11,13H,2,12,15H2,1H3. The third-order valence-corrected chi connectivity index (χ3v) is 4.02.